The number of fused-ring (bicyclic) bond motifs is 2. The van der Waals surface area contributed by atoms with E-state index >= 15 is 0 Å². The van der Waals surface area contributed by atoms with Gasteiger partial charge in [-0.05, 0) is 68.9 Å². The molecule has 7 nitrogen and oxygen atoms in total. The third-order valence-electron chi connectivity index (χ3n) is 6.87. The zero-order valence-electron chi connectivity index (χ0n) is 19.9. The average molecular weight is 609 g/mol. The summed E-state index contributed by atoms with van der Waals surface area (Å²) in [6.45, 7) is 2.94. The second-order valence-corrected chi connectivity index (χ2v) is 9.61. The summed E-state index contributed by atoms with van der Waals surface area (Å²) in [6, 6.07) is 7.03. The standard InChI is InChI=1S/C24H36FN3O3S2.O.Tc/c1-31-24(30)23-20(17-3-5-18(25)6-4-17)15-19-7-8-21(23)28(19)11-2-10-27(12-14-33)16-22(29)26-9-13-32;;/h3-6,19-21,23,32-33H,2,7-16H2,1H3,(H,26,29);;/q;;+3/p-3. The van der Waals surface area contributed by atoms with Crippen LogP contribution in [0.5, 0.6) is 0 Å². The topological polar surface area (TPSA) is 85.3 Å². The molecular weight excluding hydrogens is 575 g/mol. The number of ether oxygens (including phenoxy) is 1. The molecule has 2 heterocycles. The first-order valence-corrected chi connectivity index (χ1v) is 13.7. The number of methoxy groups -OCH3 is 1. The summed E-state index contributed by atoms with van der Waals surface area (Å²) in [4.78, 5) is 21.3. The fourth-order valence-electron chi connectivity index (χ4n) is 5.46. The van der Waals surface area contributed by atoms with Gasteiger partial charge in [0.05, 0.1) is 13.0 Å². The van der Waals surface area contributed by atoms with Gasteiger partial charge in [0.1, 0.15) is 5.82 Å². The van der Waals surface area contributed by atoms with E-state index in [4.69, 9.17) is 33.5 Å². The number of carbonyl (C=O) groups is 1. The fourth-order valence-corrected chi connectivity index (χ4v) is 5.81. The second-order valence-electron chi connectivity index (χ2n) is 8.79. The van der Waals surface area contributed by atoms with Gasteiger partial charge < -0.3 is 45.0 Å². The zero-order valence-corrected chi connectivity index (χ0v) is 23.4. The molecule has 35 heavy (non-hydrogen) atoms. The number of rotatable bonds is 12. The van der Waals surface area contributed by atoms with Crippen molar-refractivity contribution in [3.8, 4) is 0 Å². The maximum absolute atomic E-state index is 13.5. The van der Waals surface area contributed by atoms with Crippen molar-refractivity contribution in [3.63, 3.8) is 0 Å². The molecule has 2 saturated heterocycles. The van der Waals surface area contributed by atoms with Crippen molar-refractivity contribution >= 4 is 37.1 Å². The van der Waals surface area contributed by atoms with Crippen LogP contribution < -0.4 is 5.11 Å². The van der Waals surface area contributed by atoms with Crippen molar-refractivity contribution in [2.45, 2.75) is 43.7 Å². The molecule has 1 aromatic rings. The van der Waals surface area contributed by atoms with Gasteiger partial charge in [0.2, 0.25) is 0 Å². The maximum atomic E-state index is 13.5. The van der Waals surface area contributed by atoms with Gasteiger partial charge in [-0.3, -0.25) is 9.69 Å². The molecule has 0 amide bonds. The SMILES string of the molecule is COC(=O)C1C(c2ccc(F)cc2)CC2CCC1N2CCCN(CC[S-])CC([O-])=NCC[S-].[O]=[Tc+3]. The molecule has 0 aromatic heterocycles. The first-order valence-electron chi connectivity index (χ1n) is 11.8. The van der Waals surface area contributed by atoms with Crippen LogP contribution >= 0.6 is 0 Å². The molecule has 2 aliphatic heterocycles. The van der Waals surface area contributed by atoms with Crippen LogP contribution in [0.3, 0.4) is 0 Å². The van der Waals surface area contributed by atoms with Crippen molar-refractivity contribution in [2.75, 3.05) is 51.3 Å². The third kappa shape index (κ3) is 8.61. The van der Waals surface area contributed by atoms with E-state index in [0.717, 1.165) is 63.2 Å². The number of esters is 1. The van der Waals surface area contributed by atoms with E-state index in [9.17, 15) is 14.3 Å². The van der Waals surface area contributed by atoms with Crippen molar-refractivity contribution in [2.24, 2.45) is 10.9 Å². The summed E-state index contributed by atoms with van der Waals surface area (Å²) < 4.78 is 26.9. The van der Waals surface area contributed by atoms with Gasteiger partial charge >= 0.3 is 28.3 Å². The van der Waals surface area contributed by atoms with Crippen LogP contribution in [-0.2, 0) is 57.1 Å². The van der Waals surface area contributed by atoms with E-state index in [1.807, 2.05) is 0 Å². The Bertz CT molecular complexity index is 820. The van der Waals surface area contributed by atoms with Gasteiger partial charge in [-0.1, -0.05) is 12.1 Å². The van der Waals surface area contributed by atoms with Gasteiger partial charge in [-0.15, -0.1) is 0 Å². The van der Waals surface area contributed by atoms with Gasteiger partial charge in [0.15, 0.2) is 0 Å². The van der Waals surface area contributed by atoms with Crippen molar-refractivity contribution < 1.29 is 41.4 Å². The fraction of sp³-hybridized carbons (Fsp3) is 0.667. The van der Waals surface area contributed by atoms with E-state index in [-0.39, 0.29) is 42.1 Å². The quantitative estimate of drug-likeness (QED) is 0.152. The normalized spacial score (nSPS) is 24.2. The third-order valence-corrected chi connectivity index (χ3v) is 7.24. The van der Waals surface area contributed by atoms with E-state index in [1.165, 1.54) is 19.2 Å². The molecule has 2 fully saturated rings. The van der Waals surface area contributed by atoms with Crippen LogP contribution in [0.4, 0.5) is 4.39 Å². The Morgan fingerprint density at radius 2 is 1.94 bits per heavy atom. The molecule has 1 aromatic carbocycles. The summed E-state index contributed by atoms with van der Waals surface area (Å²) in [6.07, 6.45) is 3.74. The minimum absolute atomic E-state index is 0.0344. The number of carbonyl (C=O) groups excluding carboxylic acids is 1. The minimum atomic E-state index is -0.271. The molecule has 0 N–H and O–H groups in total. The molecule has 11 heteroatoms. The van der Waals surface area contributed by atoms with E-state index in [1.54, 1.807) is 12.1 Å². The summed E-state index contributed by atoms with van der Waals surface area (Å²) in [5, 5.41) is 12.0. The average Bonchev–Trinajstić information content (AvgIpc) is 3.14. The Morgan fingerprint density at radius 1 is 1.23 bits per heavy atom. The Kier molecular flexibility index (Phi) is 14.0. The molecule has 194 valence electrons. The van der Waals surface area contributed by atoms with Crippen LogP contribution in [0.25, 0.3) is 0 Å². The van der Waals surface area contributed by atoms with Crippen LogP contribution in [0.15, 0.2) is 29.3 Å². The summed E-state index contributed by atoms with van der Waals surface area (Å²) in [7, 11) is 1.44. The Balaban J connectivity index is 0.00000210. The van der Waals surface area contributed by atoms with Gasteiger partial charge in [0, 0.05) is 31.1 Å². The number of nitrogens with zero attached hydrogens (tertiary/aromatic N) is 3. The molecule has 0 spiro atoms. The Hall–Kier alpha value is -0.841. The van der Waals surface area contributed by atoms with Crippen molar-refractivity contribution in [1.29, 1.82) is 0 Å². The van der Waals surface area contributed by atoms with E-state index in [2.05, 4.69) is 14.8 Å². The predicted octanol–water partition coefficient (Wildman–Crippen LogP) is 1.36. The zero-order chi connectivity index (χ0) is 25.8. The van der Waals surface area contributed by atoms with Crippen LogP contribution in [-0.4, -0.2) is 85.1 Å². The number of hydrogen-bond acceptors (Lipinski definition) is 9. The Morgan fingerprint density at radius 3 is 2.57 bits per heavy atom. The number of piperidine rings is 1. The van der Waals surface area contributed by atoms with Gasteiger partial charge in [-0.25, -0.2) is 4.39 Å². The first kappa shape index (κ1) is 30.4. The van der Waals surface area contributed by atoms with Crippen LogP contribution in [0, 0.1) is 11.7 Å². The summed E-state index contributed by atoms with van der Waals surface area (Å²) in [5.74, 6) is 0.176. The molecule has 2 bridgehead atoms. The van der Waals surface area contributed by atoms with E-state index in [0.29, 0.717) is 30.6 Å². The van der Waals surface area contributed by atoms with Crippen LogP contribution in [0.1, 0.15) is 37.2 Å². The first-order chi connectivity index (χ1) is 17.0. The number of halogens is 1. The number of benzene rings is 1. The Labute approximate surface area is 229 Å². The monoisotopic (exact) mass is 607 g/mol. The molecule has 3 rings (SSSR count). The molecule has 2 aliphatic rings. The summed E-state index contributed by atoms with van der Waals surface area (Å²) in [5.41, 5.74) is 1.00. The van der Waals surface area contributed by atoms with Crippen molar-refractivity contribution in [3.05, 3.63) is 35.6 Å². The van der Waals surface area contributed by atoms with E-state index < -0.39 is 0 Å². The van der Waals surface area contributed by atoms with Crippen molar-refractivity contribution in [1.82, 2.24) is 9.80 Å². The molecule has 4 unspecified atom stereocenters. The molecule has 0 saturated carbocycles. The molecular formula is C24H33FN3O4S2Tc. The summed E-state index contributed by atoms with van der Waals surface area (Å²) >= 11 is 10.9. The second kappa shape index (κ2) is 16.1. The predicted molar refractivity (Wildman–Crippen MR) is 131 cm³/mol. The molecule has 0 radical (unpaired) electrons. The van der Waals surface area contributed by atoms with Crippen LogP contribution in [0.2, 0.25) is 0 Å². The number of hydrogen-bond donors (Lipinski definition) is 0. The number of aliphatic imine (C=N–C) groups is 1. The molecule has 0 aliphatic carbocycles. The molecule has 4 atom stereocenters. The van der Waals surface area contributed by atoms with Gasteiger partial charge in [-0.2, -0.15) is 11.5 Å². The van der Waals surface area contributed by atoms with Gasteiger partial charge in [0.25, 0.3) is 0 Å².